The van der Waals surface area contributed by atoms with Crippen molar-refractivity contribution in [1.29, 1.82) is 0 Å². The number of fused-ring (bicyclic) bond motifs is 12. The number of nitrogens with zero attached hydrogens (tertiary/aromatic N) is 3. The van der Waals surface area contributed by atoms with Gasteiger partial charge < -0.3 is 14.7 Å². The molecule has 69 heavy (non-hydrogen) atoms. The summed E-state index contributed by atoms with van der Waals surface area (Å²) in [7, 11) is -1.81. The first-order valence-corrected chi connectivity index (χ1v) is 29.6. The standard InChI is InChI=1S/C64H68BN3Si/c1-41-23-27-46(28-24-41)66-55-29-25-42(2)35-52(55)65-53-40-48(69(9,10)11)39-51-59(53)68(62(7)32-17-18-33-64(51,62)44-20-13-12-14-21-44)57-38-47(37-56(66)58(57)65)67-54-30-26-45(60(3,4)5)36-50(54)61(6)34-31-43-19-15-16-22-49(43)63(61,67)8/h12-16,19-30,35-40H,17-18,31-34H2,1-11H3. The maximum absolute atomic E-state index is 2.97. The topological polar surface area (TPSA) is 9.72 Å². The maximum Gasteiger partial charge on any atom is 0.252 e. The van der Waals surface area contributed by atoms with E-state index in [1.54, 1.807) is 10.8 Å². The van der Waals surface area contributed by atoms with Crippen LogP contribution in [-0.2, 0) is 28.2 Å². The van der Waals surface area contributed by atoms with Crippen molar-refractivity contribution in [3.8, 4) is 0 Å². The van der Waals surface area contributed by atoms with Crippen molar-refractivity contribution in [3.63, 3.8) is 0 Å². The molecule has 0 amide bonds. The molecular formula is C64H68BN3Si. The van der Waals surface area contributed by atoms with Crippen LogP contribution in [0.5, 0.6) is 0 Å². The average Bonchev–Trinajstić information content (AvgIpc) is 3.70. The Hall–Kier alpha value is -5.78. The largest absolute Gasteiger partial charge is 0.335 e. The second kappa shape index (κ2) is 14.2. The van der Waals surface area contributed by atoms with Crippen molar-refractivity contribution < 1.29 is 0 Å². The maximum atomic E-state index is 2.97. The van der Waals surface area contributed by atoms with E-state index in [4.69, 9.17) is 0 Å². The molecular weight excluding hydrogens is 850 g/mol. The Morgan fingerprint density at radius 3 is 2.01 bits per heavy atom. The summed E-state index contributed by atoms with van der Waals surface area (Å²) in [6.45, 7) is 27.3. The van der Waals surface area contributed by atoms with E-state index in [2.05, 4.69) is 229 Å². The van der Waals surface area contributed by atoms with Gasteiger partial charge >= 0.3 is 0 Å². The molecule has 3 nitrogen and oxygen atoms in total. The summed E-state index contributed by atoms with van der Waals surface area (Å²) >= 11 is 0. The molecule has 0 aromatic heterocycles. The number of anilines is 7. The van der Waals surface area contributed by atoms with Crippen LogP contribution < -0.4 is 36.3 Å². The zero-order valence-electron chi connectivity index (χ0n) is 42.9. The Morgan fingerprint density at radius 1 is 0.565 bits per heavy atom. The van der Waals surface area contributed by atoms with Gasteiger partial charge in [0.1, 0.15) is 0 Å². The summed E-state index contributed by atoms with van der Waals surface area (Å²) in [6, 6.07) is 56.2. The molecule has 2 aliphatic carbocycles. The molecule has 346 valence electrons. The molecule has 7 aromatic carbocycles. The summed E-state index contributed by atoms with van der Waals surface area (Å²) in [6.07, 6.45) is 6.90. The van der Waals surface area contributed by atoms with Gasteiger partial charge in [-0.15, -0.1) is 0 Å². The predicted octanol–water partition coefficient (Wildman–Crippen LogP) is 13.8. The van der Waals surface area contributed by atoms with Gasteiger partial charge in [-0.1, -0.05) is 180 Å². The molecule has 4 unspecified atom stereocenters. The van der Waals surface area contributed by atoms with Crippen LogP contribution in [0.4, 0.5) is 39.8 Å². The molecule has 1 saturated carbocycles. The van der Waals surface area contributed by atoms with Crippen LogP contribution >= 0.6 is 0 Å². The normalized spacial score (nSPS) is 24.8. The number of rotatable bonds is 4. The van der Waals surface area contributed by atoms with Gasteiger partial charge in [-0.2, -0.15) is 0 Å². The van der Waals surface area contributed by atoms with E-state index in [1.807, 2.05) is 0 Å². The summed E-state index contributed by atoms with van der Waals surface area (Å²) in [5.41, 5.74) is 24.3. The summed E-state index contributed by atoms with van der Waals surface area (Å²) in [5.74, 6) is 0. The molecule has 7 aromatic rings. The van der Waals surface area contributed by atoms with Gasteiger partial charge in [0.2, 0.25) is 0 Å². The van der Waals surface area contributed by atoms with Gasteiger partial charge in [-0.3, -0.25) is 0 Å². The minimum Gasteiger partial charge on any atom is -0.335 e. The summed E-state index contributed by atoms with van der Waals surface area (Å²) < 4.78 is 0. The Bertz CT molecular complexity index is 3310. The monoisotopic (exact) mass is 918 g/mol. The third-order valence-electron chi connectivity index (χ3n) is 19.0. The summed E-state index contributed by atoms with van der Waals surface area (Å²) in [4.78, 5) is 8.47. The predicted molar refractivity (Wildman–Crippen MR) is 298 cm³/mol. The van der Waals surface area contributed by atoms with Crippen LogP contribution in [0.15, 0.2) is 140 Å². The number of hydrogen-bond donors (Lipinski definition) is 0. The fraction of sp³-hybridized carbons (Fsp3) is 0.344. The highest BCUT2D eigenvalue weighted by Gasteiger charge is 2.65. The molecule has 0 saturated heterocycles. The zero-order valence-corrected chi connectivity index (χ0v) is 43.9. The van der Waals surface area contributed by atoms with Gasteiger partial charge in [-0.05, 0) is 145 Å². The highest BCUT2D eigenvalue weighted by Crippen LogP contribution is 2.67. The molecule has 4 heterocycles. The first-order valence-electron chi connectivity index (χ1n) is 26.1. The van der Waals surface area contributed by atoms with Crippen molar-refractivity contribution in [2.75, 3.05) is 14.7 Å². The van der Waals surface area contributed by atoms with E-state index in [1.165, 1.54) is 108 Å². The van der Waals surface area contributed by atoms with Gasteiger partial charge in [0.25, 0.3) is 6.71 Å². The van der Waals surface area contributed by atoms with Crippen molar-refractivity contribution >= 4 is 76.2 Å². The molecule has 13 rings (SSSR count). The molecule has 5 heteroatoms. The van der Waals surface area contributed by atoms with Crippen molar-refractivity contribution in [3.05, 3.63) is 184 Å². The lowest BCUT2D eigenvalue weighted by atomic mass is 9.33. The van der Waals surface area contributed by atoms with Crippen LogP contribution in [0.3, 0.4) is 0 Å². The van der Waals surface area contributed by atoms with Crippen molar-refractivity contribution in [2.24, 2.45) is 0 Å². The van der Waals surface area contributed by atoms with Gasteiger partial charge in [-0.25, -0.2) is 0 Å². The van der Waals surface area contributed by atoms with Gasteiger partial charge in [0.15, 0.2) is 0 Å². The second-order valence-corrected chi connectivity index (χ2v) is 29.8. The van der Waals surface area contributed by atoms with Crippen LogP contribution in [-0.4, -0.2) is 20.3 Å². The van der Waals surface area contributed by atoms with Crippen LogP contribution in [0, 0.1) is 13.8 Å². The van der Waals surface area contributed by atoms with E-state index in [9.17, 15) is 0 Å². The SMILES string of the molecule is Cc1ccc(N2c3ccc(C)cc3B3c4cc([Si](C)(C)C)cc5c4N(c4cc(N6c7ccc(C(C)(C)C)cc7C7(C)CCc8ccccc8C67C)cc2c43)C2(C)CCCCC52c2ccccc2)cc1. The van der Waals surface area contributed by atoms with E-state index < -0.39 is 8.07 Å². The third-order valence-corrected chi connectivity index (χ3v) is 21.0. The van der Waals surface area contributed by atoms with E-state index in [0.29, 0.717) is 0 Å². The van der Waals surface area contributed by atoms with E-state index in [-0.39, 0.29) is 34.0 Å². The average molecular weight is 918 g/mol. The lowest BCUT2D eigenvalue weighted by molar-refractivity contribution is 0.215. The quantitative estimate of drug-likeness (QED) is 0.163. The molecule has 0 N–H and O–H groups in total. The van der Waals surface area contributed by atoms with Crippen LogP contribution in [0.1, 0.15) is 118 Å². The van der Waals surface area contributed by atoms with Gasteiger partial charge in [0.05, 0.1) is 19.2 Å². The number of benzene rings is 7. The molecule has 0 bridgehead atoms. The Labute approximate surface area is 413 Å². The molecule has 4 aliphatic heterocycles. The molecule has 6 aliphatic rings. The van der Waals surface area contributed by atoms with Gasteiger partial charge in [0, 0.05) is 50.6 Å². The fourth-order valence-corrected chi connectivity index (χ4v) is 16.4. The highest BCUT2D eigenvalue weighted by molar-refractivity contribution is 7.01. The minimum atomic E-state index is -1.81. The lowest BCUT2D eigenvalue weighted by Gasteiger charge is -2.55. The Morgan fingerprint density at radius 2 is 1.26 bits per heavy atom. The first kappa shape index (κ1) is 43.3. The number of aryl methyl sites for hydroxylation is 3. The molecule has 0 radical (unpaired) electrons. The smallest absolute Gasteiger partial charge is 0.252 e. The van der Waals surface area contributed by atoms with Crippen molar-refractivity contribution in [1.82, 2.24) is 0 Å². The van der Waals surface area contributed by atoms with E-state index in [0.717, 1.165) is 25.7 Å². The molecule has 0 spiro atoms. The lowest BCUT2D eigenvalue weighted by Crippen LogP contribution is -2.65. The Balaban J connectivity index is 1.19. The minimum absolute atomic E-state index is 0.0317. The summed E-state index contributed by atoms with van der Waals surface area (Å²) in [5, 5.41) is 1.57. The molecule has 4 atom stereocenters. The van der Waals surface area contributed by atoms with Crippen molar-refractivity contribution in [2.45, 2.75) is 141 Å². The van der Waals surface area contributed by atoms with E-state index >= 15 is 0 Å². The second-order valence-electron chi connectivity index (χ2n) is 24.7. The fourth-order valence-electron chi connectivity index (χ4n) is 15.2. The first-order chi connectivity index (χ1) is 32.9. The Kier molecular flexibility index (Phi) is 8.89. The highest BCUT2D eigenvalue weighted by atomic mass is 28.3. The van der Waals surface area contributed by atoms with Crippen LogP contribution in [0.25, 0.3) is 0 Å². The zero-order chi connectivity index (χ0) is 47.8. The third kappa shape index (κ3) is 5.52. The number of hydrogen-bond acceptors (Lipinski definition) is 3. The molecule has 1 fully saturated rings. The van der Waals surface area contributed by atoms with Crippen LogP contribution in [0.2, 0.25) is 19.6 Å².